The maximum atomic E-state index is 12.6. The fraction of sp³-hybridized carbons (Fsp3) is 0.417. The van der Waals surface area contributed by atoms with Gasteiger partial charge in [-0.05, 0) is 53.4 Å². The topological polar surface area (TPSA) is 84.9 Å². The van der Waals surface area contributed by atoms with Crippen molar-refractivity contribution < 1.29 is 24.2 Å². The molecule has 2 aromatic carbocycles. The van der Waals surface area contributed by atoms with Gasteiger partial charge in [0.1, 0.15) is 12.1 Å². The number of rotatable bonds is 5. The average Bonchev–Trinajstić information content (AvgIpc) is 3.01. The molecule has 0 aliphatic heterocycles. The Hall–Kier alpha value is -2.86. The minimum Gasteiger partial charge on any atom is -0.480 e. The molecule has 2 saturated carbocycles. The number of benzene rings is 2. The number of carbonyl (C=O) groups is 2. The molecule has 3 aliphatic carbocycles. The molecular formula is C24H25NO5. The van der Waals surface area contributed by atoms with Crippen LogP contribution in [0.2, 0.25) is 0 Å². The van der Waals surface area contributed by atoms with Crippen molar-refractivity contribution in [3.05, 3.63) is 59.7 Å². The third-order valence-corrected chi connectivity index (χ3v) is 7.10. The van der Waals surface area contributed by atoms with Gasteiger partial charge < -0.3 is 19.9 Å². The first-order valence-electron chi connectivity index (χ1n) is 10.3. The minimum atomic E-state index is -1.23. The lowest BCUT2D eigenvalue weighted by atomic mass is 9.47. The third-order valence-electron chi connectivity index (χ3n) is 7.10. The van der Waals surface area contributed by atoms with Crippen LogP contribution in [0.25, 0.3) is 11.1 Å². The van der Waals surface area contributed by atoms with E-state index in [-0.39, 0.29) is 24.0 Å². The van der Waals surface area contributed by atoms with Crippen LogP contribution in [0.3, 0.4) is 0 Å². The number of nitrogens with one attached hydrogen (secondary N) is 1. The van der Waals surface area contributed by atoms with Gasteiger partial charge >= 0.3 is 12.1 Å². The Labute approximate surface area is 175 Å². The van der Waals surface area contributed by atoms with Crippen molar-refractivity contribution >= 4 is 12.1 Å². The summed E-state index contributed by atoms with van der Waals surface area (Å²) >= 11 is 0. The van der Waals surface area contributed by atoms with Crippen LogP contribution in [-0.2, 0) is 14.3 Å². The van der Waals surface area contributed by atoms with Gasteiger partial charge in [-0.2, -0.15) is 0 Å². The first-order chi connectivity index (χ1) is 14.5. The summed E-state index contributed by atoms with van der Waals surface area (Å²) in [7, 11) is 1.68. The number of fused-ring (bicyclic) bond motifs is 3. The number of carboxylic acid groups (broad SMARTS) is 1. The molecule has 30 heavy (non-hydrogen) atoms. The van der Waals surface area contributed by atoms with E-state index < -0.39 is 17.6 Å². The summed E-state index contributed by atoms with van der Waals surface area (Å²) in [5.41, 5.74) is 3.31. The van der Waals surface area contributed by atoms with Gasteiger partial charge in [0.05, 0.1) is 6.10 Å². The fourth-order valence-electron chi connectivity index (χ4n) is 5.71. The maximum absolute atomic E-state index is 12.6. The van der Waals surface area contributed by atoms with E-state index in [1.165, 1.54) is 0 Å². The number of ether oxygens (including phenoxy) is 2. The van der Waals surface area contributed by atoms with Crippen molar-refractivity contribution in [1.82, 2.24) is 5.32 Å². The van der Waals surface area contributed by atoms with E-state index >= 15 is 0 Å². The fourth-order valence-corrected chi connectivity index (χ4v) is 5.71. The molecule has 5 rings (SSSR count). The van der Waals surface area contributed by atoms with Gasteiger partial charge in [0, 0.05) is 13.0 Å². The Morgan fingerprint density at radius 2 is 1.60 bits per heavy atom. The van der Waals surface area contributed by atoms with E-state index in [1.54, 1.807) is 7.11 Å². The maximum Gasteiger partial charge on any atom is 0.408 e. The molecule has 6 nitrogen and oxygen atoms in total. The van der Waals surface area contributed by atoms with Crippen molar-refractivity contribution in [1.29, 1.82) is 0 Å². The van der Waals surface area contributed by atoms with E-state index in [0.29, 0.717) is 12.8 Å². The van der Waals surface area contributed by atoms with Crippen LogP contribution in [0.5, 0.6) is 0 Å². The van der Waals surface area contributed by atoms with Gasteiger partial charge in [0.15, 0.2) is 0 Å². The quantitative estimate of drug-likeness (QED) is 0.784. The number of methoxy groups -OCH3 is 1. The number of carboxylic acids is 1. The zero-order valence-corrected chi connectivity index (χ0v) is 16.9. The van der Waals surface area contributed by atoms with E-state index in [2.05, 4.69) is 29.6 Å². The van der Waals surface area contributed by atoms with Gasteiger partial charge in [0.2, 0.25) is 0 Å². The molecule has 156 valence electrons. The van der Waals surface area contributed by atoms with E-state index in [0.717, 1.165) is 35.1 Å². The lowest BCUT2D eigenvalue weighted by molar-refractivity contribution is -0.176. The lowest BCUT2D eigenvalue weighted by Crippen LogP contribution is -2.70. The Morgan fingerprint density at radius 1 is 1.03 bits per heavy atom. The van der Waals surface area contributed by atoms with Crippen LogP contribution in [-0.4, -0.2) is 42.5 Å². The Morgan fingerprint density at radius 3 is 2.13 bits per heavy atom. The number of hydrogen-bond donors (Lipinski definition) is 2. The first kappa shape index (κ1) is 19.1. The van der Waals surface area contributed by atoms with Crippen molar-refractivity contribution in [3.8, 4) is 11.1 Å². The molecule has 1 spiro atoms. The van der Waals surface area contributed by atoms with Crippen LogP contribution in [0, 0.1) is 5.41 Å². The minimum absolute atomic E-state index is 0.0182. The molecule has 0 saturated heterocycles. The molecule has 2 N–H and O–H groups in total. The highest BCUT2D eigenvalue weighted by Gasteiger charge is 2.64. The van der Waals surface area contributed by atoms with Gasteiger partial charge in [-0.25, -0.2) is 9.59 Å². The zero-order valence-electron chi connectivity index (χ0n) is 16.9. The second kappa shape index (κ2) is 6.84. The Bertz CT molecular complexity index is 957. The SMILES string of the molecule is COC1CC2(C1)CC(NC(=O)OCC1c3ccccc3-c3ccccc31)(C(=O)O)C2. The first-order valence-corrected chi connectivity index (χ1v) is 10.3. The summed E-state index contributed by atoms with van der Waals surface area (Å²) in [6.07, 6.45) is 2.09. The summed E-state index contributed by atoms with van der Waals surface area (Å²) in [4.78, 5) is 24.5. The molecule has 0 bridgehead atoms. The second-order valence-corrected chi connectivity index (χ2v) is 8.96. The van der Waals surface area contributed by atoms with Crippen LogP contribution in [0.15, 0.2) is 48.5 Å². The number of hydrogen-bond acceptors (Lipinski definition) is 4. The molecule has 3 aliphatic rings. The molecule has 2 aromatic rings. The van der Waals surface area contributed by atoms with Crippen LogP contribution in [0.1, 0.15) is 42.7 Å². The lowest BCUT2D eigenvalue weighted by Gasteiger charge is -2.60. The summed E-state index contributed by atoms with van der Waals surface area (Å²) in [6, 6.07) is 16.2. The van der Waals surface area contributed by atoms with Crippen LogP contribution in [0.4, 0.5) is 4.79 Å². The van der Waals surface area contributed by atoms with Gasteiger partial charge in [-0.3, -0.25) is 0 Å². The van der Waals surface area contributed by atoms with Crippen LogP contribution >= 0.6 is 0 Å². The number of alkyl carbamates (subject to hydrolysis) is 1. The normalized spacial score (nSPS) is 28.8. The molecule has 0 atom stereocenters. The highest BCUT2D eigenvalue weighted by Crippen LogP contribution is 2.61. The standard InChI is InChI=1S/C24H25NO5/c1-29-15-10-23(11-15)13-24(14-23,21(26)27)25-22(28)30-12-20-18-8-4-2-6-16(18)17-7-3-5-9-19(17)20/h2-9,15,20H,10-14H2,1H3,(H,25,28)(H,26,27). The number of carbonyl (C=O) groups excluding carboxylic acids is 1. The summed E-state index contributed by atoms with van der Waals surface area (Å²) in [6.45, 7) is 0.173. The van der Waals surface area contributed by atoms with Gasteiger partial charge in [-0.15, -0.1) is 0 Å². The van der Waals surface area contributed by atoms with E-state index in [9.17, 15) is 14.7 Å². The van der Waals surface area contributed by atoms with Crippen molar-refractivity contribution in [2.24, 2.45) is 5.41 Å². The summed E-state index contributed by atoms with van der Waals surface area (Å²) in [5, 5.41) is 12.4. The molecule has 1 amide bonds. The highest BCUT2D eigenvalue weighted by molar-refractivity contribution is 5.86. The highest BCUT2D eigenvalue weighted by atomic mass is 16.5. The smallest absolute Gasteiger partial charge is 0.408 e. The predicted octanol–water partition coefficient (Wildman–Crippen LogP) is 3.94. The van der Waals surface area contributed by atoms with Gasteiger partial charge in [0.25, 0.3) is 0 Å². The average molecular weight is 407 g/mol. The Kier molecular flexibility index (Phi) is 4.36. The molecule has 0 unspecified atom stereocenters. The molecule has 6 heteroatoms. The van der Waals surface area contributed by atoms with Gasteiger partial charge in [-0.1, -0.05) is 48.5 Å². The van der Waals surface area contributed by atoms with Crippen molar-refractivity contribution in [2.45, 2.75) is 43.2 Å². The third kappa shape index (κ3) is 2.89. The summed E-state index contributed by atoms with van der Waals surface area (Å²) < 4.78 is 10.9. The molecule has 2 fully saturated rings. The zero-order chi connectivity index (χ0) is 20.9. The molecular weight excluding hydrogens is 382 g/mol. The van der Waals surface area contributed by atoms with E-state index in [4.69, 9.17) is 9.47 Å². The molecule has 0 heterocycles. The number of amides is 1. The second-order valence-electron chi connectivity index (χ2n) is 8.96. The van der Waals surface area contributed by atoms with Crippen molar-refractivity contribution in [3.63, 3.8) is 0 Å². The molecule has 0 radical (unpaired) electrons. The summed E-state index contributed by atoms with van der Waals surface area (Å²) in [5.74, 6) is -1.05. The number of aliphatic carboxylic acids is 1. The Balaban J connectivity index is 1.25. The molecule has 0 aromatic heterocycles. The van der Waals surface area contributed by atoms with Crippen LogP contribution < -0.4 is 5.32 Å². The predicted molar refractivity (Wildman–Crippen MR) is 110 cm³/mol. The monoisotopic (exact) mass is 407 g/mol. The van der Waals surface area contributed by atoms with E-state index in [1.807, 2.05) is 24.3 Å². The van der Waals surface area contributed by atoms with Crippen molar-refractivity contribution in [2.75, 3.05) is 13.7 Å². The largest absolute Gasteiger partial charge is 0.480 e.